The van der Waals surface area contributed by atoms with Crippen molar-refractivity contribution < 1.29 is 14.3 Å². The highest BCUT2D eigenvalue weighted by Crippen LogP contribution is 2.34. The Morgan fingerprint density at radius 1 is 1.15 bits per heavy atom. The number of nitrogens with zero attached hydrogens (tertiary/aromatic N) is 3. The van der Waals surface area contributed by atoms with Crippen molar-refractivity contribution in [3.8, 4) is 11.5 Å². The van der Waals surface area contributed by atoms with Gasteiger partial charge in [-0.25, -0.2) is 14.8 Å². The molecule has 0 spiro atoms. The van der Waals surface area contributed by atoms with E-state index in [-0.39, 0.29) is 0 Å². The van der Waals surface area contributed by atoms with Crippen LogP contribution in [-0.2, 0) is 0 Å². The number of methoxy groups -OCH3 is 2. The van der Waals surface area contributed by atoms with E-state index >= 15 is 0 Å². The number of urea groups is 1. The van der Waals surface area contributed by atoms with Crippen molar-refractivity contribution >= 4 is 23.4 Å². The number of hydrogen-bond donors (Lipinski definition) is 2. The predicted molar refractivity (Wildman–Crippen MR) is 105 cm³/mol. The van der Waals surface area contributed by atoms with E-state index in [2.05, 4.69) is 32.4 Å². The summed E-state index contributed by atoms with van der Waals surface area (Å²) in [6, 6.07) is 6.65. The predicted octanol–water partition coefficient (Wildman–Crippen LogP) is 3.37. The summed E-state index contributed by atoms with van der Waals surface area (Å²) in [5, 5.41) is 5.50. The second-order valence-corrected chi connectivity index (χ2v) is 6.55. The molecule has 0 bridgehead atoms. The van der Waals surface area contributed by atoms with E-state index in [1.54, 1.807) is 31.4 Å². The summed E-state index contributed by atoms with van der Waals surface area (Å²) in [5.41, 5.74) is 0.508. The van der Waals surface area contributed by atoms with Crippen molar-refractivity contribution in [2.24, 2.45) is 5.92 Å². The number of nitrogens with one attached hydrogen (secondary N) is 2. The average molecular weight is 371 g/mol. The number of aromatic nitrogens is 2. The molecule has 0 unspecified atom stereocenters. The lowest BCUT2D eigenvalue weighted by Crippen LogP contribution is -2.33. The van der Waals surface area contributed by atoms with Gasteiger partial charge >= 0.3 is 6.03 Å². The molecule has 0 saturated carbocycles. The second kappa shape index (κ2) is 8.57. The fraction of sp³-hybridized carbons (Fsp3) is 0.421. The Morgan fingerprint density at radius 3 is 2.63 bits per heavy atom. The molecule has 1 aliphatic rings. The summed E-state index contributed by atoms with van der Waals surface area (Å²) >= 11 is 0. The lowest BCUT2D eigenvalue weighted by molar-refractivity contribution is 0.262. The molecule has 2 amide bonds. The van der Waals surface area contributed by atoms with E-state index in [0.717, 1.165) is 37.7 Å². The first-order valence-electron chi connectivity index (χ1n) is 8.96. The fourth-order valence-corrected chi connectivity index (χ4v) is 3.08. The number of benzene rings is 1. The van der Waals surface area contributed by atoms with Crippen molar-refractivity contribution in [2.75, 3.05) is 42.8 Å². The molecule has 2 heterocycles. The summed E-state index contributed by atoms with van der Waals surface area (Å²) in [6.45, 7) is 4.19. The van der Waals surface area contributed by atoms with Crippen molar-refractivity contribution in [3.63, 3.8) is 0 Å². The van der Waals surface area contributed by atoms with Gasteiger partial charge in [0.2, 0.25) is 0 Å². The Kier molecular flexibility index (Phi) is 5.95. The van der Waals surface area contributed by atoms with Crippen LogP contribution in [0.4, 0.5) is 22.1 Å². The molecule has 0 atom stereocenters. The number of amides is 2. The van der Waals surface area contributed by atoms with E-state index in [1.165, 1.54) is 13.4 Å². The molecule has 1 aromatic carbocycles. The number of rotatable bonds is 5. The largest absolute Gasteiger partial charge is 0.493 e. The number of hydrogen-bond acceptors (Lipinski definition) is 6. The highest BCUT2D eigenvalue weighted by Gasteiger charge is 2.18. The van der Waals surface area contributed by atoms with Crippen LogP contribution in [0.5, 0.6) is 11.5 Å². The van der Waals surface area contributed by atoms with Gasteiger partial charge in [-0.1, -0.05) is 13.0 Å². The maximum absolute atomic E-state index is 12.4. The van der Waals surface area contributed by atoms with Gasteiger partial charge in [-0.3, -0.25) is 5.32 Å². The van der Waals surface area contributed by atoms with Gasteiger partial charge in [0.25, 0.3) is 0 Å². The molecule has 0 radical (unpaired) electrons. The Hall–Kier alpha value is -3.03. The molecule has 1 aliphatic heterocycles. The first-order chi connectivity index (χ1) is 13.1. The van der Waals surface area contributed by atoms with Gasteiger partial charge < -0.3 is 19.7 Å². The molecular weight excluding hydrogens is 346 g/mol. The SMILES string of the molecule is COc1cccc(NC(=O)Nc2cc(N3CCC(C)CC3)ncn2)c1OC. The Bertz CT molecular complexity index is 791. The van der Waals surface area contributed by atoms with Crippen molar-refractivity contribution in [3.05, 3.63) is 30.6 Å². The minimum atomic E-state index is -0.418. The lowest BCUT2D eigenvalue weighted by atomic mass is 9.99. The zero-order valence-corrected chi connectivity index (χ0v) is 15.9. The number of anilines is 3. The summed E-state index contributed by atoms with van der Waals surface area (Å²) in [6.07, 6.45) is 3.75. The van der Waals surface area contributed by atoms with Crippen LogP contribution in [0.15, 0.2) is 30.6 Å². The molecule has 1 aromatic heterocycles. The van der Waals surface area contributed by atoms with Crippen LogP contribution in [0.25, 0.3) is 0 Å². The molecule has 1 saturated heterocycles. The van der Waals surface area contributed by atoms with Crippen molar-refractivity contribution in [1.82, 2.24) is 9.97 Å². The first-order valence-corrected chi connectivity index (χ1v) is 8.96. The van der Waals surface area contributed by atoms with Gasteiger partial charge in [-0.05, 0) is 30.9 Å². The molecule has 2 aromatic rings. The summed E-state index contributed by atoms with van der Waals surface area (Å²) in [4.78, 5) is 23.1. The standard InChI is InChI=1S/C19H25N5O3/c1-13-7-9-24(10-8-13)17-11-16(20-12-21-17)23-19(25)22-14-5-4-6-15(26-2)18(14)27-3/h4-6,11-13H,7-10H2,1-3H3,(H2,20,21,22,23,25). The molecule has 1 fully saturated rings. The van der Waals surface area contributed by atoms with Crippen LogP contribution in [0.2, 0.25) is 0 Å². The van der Waals surface area contributed by atoms with Crippen LogP contribution in [-0.4, -0.2) is 43.3 Å². The third-order valence-corrected chi connectivity index (χ3v) is 4.65. The summed E-state index contributed by atoms with van der Waals surface area (Å²) in [5.74, 6) is 3.01. The monoisotopic (exact) mass is 371 g/mol. The minimum Gasteiger partial charge on any atom is -0.493 e. The fourth-order valence-electron chi connectivity index (χ4n) is 3.08. The molecule has 144 valence electrons. The van der Waals surface area contributed by atoms with E-state index in [1.807, 2.05) is 0 Å². The molecular formula is C19H25N5O3. The van der Waals surface area contributed by atoms with E-state index in [4.69, 9.17) is 9.47 Å². The molecule has 2 N–H and O–H groups in total. The quantitative estimate of drug-likeness (QED) is 0.838. The Labute approximate surface area is 158 Å². The Balaban J connectivity index is 1.67. The third-order valence-electron chi connectivity index (χ3n) is 4.65. The summed E-state index contributed by atoms with van der Waals surface area (Å²) in [7, 11) is 3.07. The van der Waals surface area contributed by atoms with Gasteiger partial charge in [-0.2, -0.15) is 0 Å². The second-order valence-electron chi connectivity index (χ2n) is 6.55. The molecule has 3 rings (SSSR count). The first kappa shape index (κ1) is 18.8. The zero-order chi connectivity index (χ0) is 19.2. The van der Waals surface area contributed by atoms with Crippen LogP contribution < -0.4 is 25.0 Å². The van der Waals surface area contributed by atoms with Crippen LogP contribution in [0.1, 0.15) is 19.8 Å². The van der Waals surface area contributed by atoms with Crippen molar-refractivity contribution in [1.29, 1.82) is 0 Å². The van der Waals surface area contributed by atoms with Gasteiger partial charge in [0, 0.05) is 19.2 Å². The lowest BCUT2D eigenvalue weighted by Gasteiger charge is -2.31. The van der Waals surface area contributed by atoms with Crippen LogP contribution >= 0.6 is 0 Å². The molecule has 8 nitrogen and oxygen atoms in total. The van der Waals surface area contributed by atoms with Crippen LogP contribution in [0, 0.1) is 5.92 Å². The smallest absolute Gasteiger partial charge is 0.324 e. The Morgan fingerprint density at radius 2 is 1.93 bits per heavy atom. The van der Waals surface area contributed by atoms with Crippen LogP contribution in [0.3, 0.4) is 0 Å². The van der Waals surface area contributed by atoms with E-state index in [0.29, 0.717) is 23.0 Å². The highest BCUT2D eigenvalue weighted by molar-refractivity contribution is 6.00. The van der Waals surface area contributed by atoms with Gasteiger partial charge in [-0.15, -0.1) is 0 Å². The number of ether oxygens (including phenoxy) is 2. The third kappa shape index (κ3) is 4.58. The average Bonchev–Trinajstić information content (AvgIpc) is 2.68. The normalized spacial score (nSPS) is 14.6. The number of piperidine rings is 1. The number of carbonyl (C=O) groups is 1. The maximum Gasteiger partial charge on any atom is 0.324 e. The zero-order valence-electron chi connectivity index (χ0n) is 15.9. The number of carbonyl (C=O) groups excluding carboxylic acids is 1. The van der Waals surface area contributed by atoms with E-state index in [9.17, 15) is 4.79 Å². The maximum atomic E-state index is 12.4. The summed E-state index contributed by atoms with van der Waals surface area (Å²) < 4.78 is 10.6. The molecule has 27 heavy (non-hydrogen) atoms. The molecule has 8 heteroatoms. The van der Waals surface area contributed by atoms with Gasteiger partial charge in [0.05, 0.1) is 19.9 Å². The van der Waals surface area contributed by atoms with E-state index < -0.39 is 6.03 Å². The topological polar surface area (TPSA) is 88.6 Å². The van der Waals surface area contributed by atoms with Gasteiger partial charge in [0.15, 0.2) is 11.5 Å². The van der Waals surface area contributed by atoms with Gasteiger partial charge in [0.1, 0.15) is 18.0 Å². The van der Waals surface area contributed by atoms with Crippen molar-refractivity contribution in [2.45, 2.75) is 19.8 Å². The molecule has 0 aliphatic carbocycles. The highest BCUT2D eigenvalue weighted by atomic mass is 16.5. The number of para-hydroxylation sites is 1. The minimum absolute atomic E-state index is 0.418.